The van der Waals surface area contributed by atoms with Crippen molar-refractivity contribution < 1.29 is 44.1 Å². The van der Waals surface area contributed by atoms with Crippen LogP contribution < -0.4 is 21.7 Å². The second-order valence-electron chi connectivity index (χ2n) is 6.68. The molecule has 30 heavy (non-hydrogen) atoms. The van der Waals surface area contributed by atoms with Crippen molar-refractivity contribution in [2.75, 3.05) is 5.75 Å². The topological polar surface area (TPSA) is 225 Å². The Bertz CT molecular complexity index is 686. The highest BCUT2D eigenvalue weighted by Gasteiger charge is 2.32. The molecule has 0 aliphatic carbocycles. The molecule has 0 spiro atoms. The van der Waals surface area contributed by atoms with Crippen molar-refractivity contribution in [3.63, 3.8) is 0 Å². The maximum absolute atomic E-state index is 12.4. The lowest BCUT2D eigenvalue weighted by Crippen LogP contribution is -2.59. The average molecular weight is 450 g/mol. The largest absolute Gasteiger partial charge is 0.481 e. The molecule has 0 aliphatic rings. The zero-order chi connectivity index (χ0) is 23.6. The normalized spacial score (nSPS) is 14.7. The molecule has 0 aliphatic heterocycles. The van der Waals surface area contributed by atoms with Crippen LogP contribution in [0.4, 0.5) is 0 Å². The second kappa shape index (κ2) is 12.6. The fourth-order valence-corrected chi connectivity index (χ4v) is 2.44. The Hall–Kier alpha value is -2.87. The molecule has 0 saturated heterocycles. The number of carbonyl (C=O) groups excluding carboxylic acids is 3. The molecular weight excluding hydrogens is 424 g/mol. The smallest absolute Gasteiger partial charge is 0.326 e. The molecule has 0 saturated carbocycles. The van der Waals surface area contributed by atoms with Crippen molar-refractivity contribution in [1.29, 1.82) is 0 Å². The van der Waals surface area contributed by atoms with Crippen LogP contribution in [0.2, 0.25) is 0 Å². The van der Waals surface area contributed by atoms with Gasteiger partial charge in [0, 0.05) is 5.75 Å². The summed E-state index contributed by atoms with van der Waals surface area (Å²) >= 11 is 3.94. The van der Waals surface area contributed by atoms with Crippen LogP contribution >= 0.6 is 12.6 Å². The van der Waals surface area contributed by atoms with E-state index in [1.54, 1.807) is 13.8 Å². The number of carbonyl (C=O) groups is 6. The van der Waals surface area contributed by atoms with E-state index in [1.807, 2.05) is 5.32 Å². The number of carboxylic acid groups (broad SMARTS) is 3. The van der Waals surface area contributed by atoms with Gasteiger partial charge in [0.25, 0.3) is 0 Å². The minimum atomic E-state index is -1.71. The SMILES string of the molecule is CC(C)C(NC(=O)C(CS)NC(=O)C(N)CC(=O)O)C(=O)NC(CC(=O)O)C(=O)O. The minimum Gasteiger partial charge on any atom is -0.481 e. The molecule has 0 aromatic rings. The second-order valence-corrected chi connectivity index (χ2v) is 7.04. The number of carboxylic acids is 3. The third-order valence-corrected chi connectivity index (χ3v) is 4.15. The van der Waals surface area contributed by atoms with Crippen LogP contribution in [0.5, 0.6) is 0 Å². The van der Waals surface area contributed by atoms with Crippen LogP contribution in [0.15, 0.2) is 0 Å². The molecule has 0 aromatic heterocycles. The summed E-state index contributed by atoms with van der Waals surface area (Å²) in [4.78, 5) is 69.3. The van der Waals surface area contributed by atoms with Gasteiger partial charge in [-0.25, -0.2) is 4.79 Å². The van der Waals surface area contributed by atoms with Gasteiger partial charge in [0.05, 0.1) is 18.9 Å². The lowest BCUT2D eigenvalue weighted by molar-refractivity contribution is -0.147. The van der Waals surface area contributed by atoms with Crippen molar-refractivity contribution in [3.05, 3.63) is 0 Å². The van der Waals surface area contributed by atoms with Gasteiger partial charge in [-0.1, -0.05) is 13.8 Å². The Kier molecular flexibility index (Phi) is 11.4. The van der Waals surface area contributed by atoms with Crippen LogP contribution in [0.25, 0.3) is 0 Å². The molecule has 3 amide bonds. The van der Waals surface area contributed by atoms with Gasteiger partial charge in [-0.15, -0.1) is 0 Å². The summed E-state index contributed by atoms with van der Waals surface area (Å²) in [6, 6.07) is -5.62. The van der Waals surface area contributed by atoms with Gasteiger partial charge in [0.1, 0.15) is 18.1 Å². The highest BCUT2D eigenvalue weighted by Crippen LogP contribution is 2.05. The van der Waals surface area contributed by atoms with E-state index >= 15 is 0 Å². The summed E-state index contributed by atoms with van der Waals surface area (Å²) in [7, 11) is 0. The van der Waals surface area contributed by atoms with Crippen LogP contribution in [0.3, 0.4) is 0 Å². The quantitative estimate of drug-likeness (QED) is 0.136. The molecular formula is C16H26N4O9S. The lowest BCUT2D eigenvalue weighted by atomic mass is 10.0. The molecule has 170 valence electrons. The minimum absolute atomic E-state index is 0.208. The Labute approximate surface area is 177 Å². The van der Waals surface area contributed by atoms with Crippen molar-refractivity contribution in [2.45, 2.75) is 50.9 Å². The first-order valence-corrected chi connectivity index (χ1v) is 9.37. The van der Waals surface area contributed by atoms with Crippen LogP contribution in [-0.2, 0) is 28.8 Å². The molecule has 8 N–H and O–H groups in total. The number of nitrogens with one attached hydrogen (secondary N) is 3. The van der Waals surface area contributed by atoms with Gasteiger partial charge in [0.2, 0.25) is 17.7 Å². The van der Waals surface area contributed by atoms with Gasteiger partial charge in [0.15, 0.2) is 0 Å². The maximum atomic E-state index is 12.4. The van der Waals surface area contributed by atoms with Crippen molar-refractivity contribution in [3.8, 4) is 0 Å². The van der Waals surface area contributed by atoms with Gasteiger partial charge in [-0.2, -0.15) is 12.6 Å². The van der Waals surface area contributed by atoms with Crippen molar-refractivity contribution in [1.82, 2.24) is 16.0 Å². The number of amides is 3. The molecule has 0 aromatic carbocycles. The summed E-state index contributed by atoms with van der Waals surface area (Å²) in [5.41, 5.74) is 5.42. The van der Waals surface area contributed by atoms with Crippen LogP contribution in [0, 0.1) is 5.92 Å². The number of rotatable bonds is 13. The monoisotopic (exact) mass is 450 g/mol. The standard InChI is InChI=1S/C16H26N4O9S/c1-6(2)12(15(27)18-8(16(28)29)4-11(23)24)20-14(26)9(5-30)19-13(25)7(17)3-10(21)22/h6-9,12,30H,3-5,17H2,1-2H3,(H,18,27)(H,19,25)(H,20,26)(H,21,22)(H,23,24)(H,28,29). The molecule has 0 rings (SSSR count). The summed E-state index contributed by atoms with van der Waals surface area (Å²) in [5, 5.41) is 33.1. The number of aliphatic carboxylic acids is 3. The zero-order valence-electron chi connectivity index (χ0n) is 16.3. The number of nitrogens with two attached hydrogens (primary N) is 1. The maximum Gasteiger partial charge on any atom is 0.326 e. The molecule has 13 nitrogen and oxygen atoms in total. The number of hydrogen-bond donors (Lipinski definition) is 8. The lowest BCUT2D eigenvalue weighted by Gasteiger charge is -2.26. The Morgan fingerprint density at radius 2 is 1.30 bits per heavy atom. The molecule has 0 heterocycles. The molecule has 4 atom stereocenters. The van der Waals surface area contributed by atoms with E-state index in [-0.39, 0.29) is 5.75 Å². The van der Waals surface area contributed by atoms with Crippen molar-refractivity contribution in [2.24, 2.45) is 11.7 Å². The highest BCUT2D eigenvalue weighted by molar-refractivity contribution is 7.80. The Balaban J connectivity index is 5.21. The van der Waals surface area contributed by atoms with Crippen LogP contribution in [0.1, 0.15) is 26.7 Å². The average Bonchev–Trinajstić information content (AvgIpc) is 2.61. The number of thiol groups is 1. The first-order valence-electron chi connectivity index (χ1n) is 8.74. The fraction of sp³-hybridized carbons (Fsp3) is 0.625. The summed E-state index contributed by atoms with van der Waals surface area (Å²) in [5.74, 6) is -7.74. The van der Waals surface area contributed by atoms with E-state index < -0.39 is 78.6 Å². The fourth-order valence-electron chi connectivity index (χ4n) is 2.18. The molecule has 0 bridgehead atoms. The summed E-state index contributed by atoms with van der Waals surface area (Å²) in [6.07, 6.45) is -1.53. The van der Waals surface area contributed by atoms with Gasteiger partial charge < -0.3 is 37.0 Å². The Morgan fingerprint density at radius 3 is 1.70 bits per heavy atom. The van der Waals surface area contributed by atoms with E-state index in [4.69, 9.17) is 21.1 Å². The zero-order valence-corrected chi connectivity index (χ0v) is 17.2. The van der Waals surface area contributed by atoms with E-state index in [0.29, 0.717) is 0 Å². The van der Waals surface area contributed by atoms with Crippen molar-refractivity contribution >= 4 is 48.3 Å². The van der Waals surface area contributed by atoms with E-state index in [2.05, 4.69) is 23.3 Å². The first-order chi connectivity index (χ1) is 13.8. The molecule has 0 radical (unpaired) electrons. The third-order valence-electron chi connectivity index (χ3n) is 3.79. The number of hydrogen-bond acceptors (Lipinski definition) is 8. The van der Waals surface area contributed by atoms with E-state index in [9.17, 15) is 28.8 Å². The third kappa shape index (κ3) is 9.56. The highest BCUT2D eigenvalue weighted by atomic mass is 32.1. The summed E-state index contributed by atoms with van der Waals surface area (Å²) in [6.45, 7) is 3.10. The van der Waals surface area contributed by atoms with Crippen LogP contribution in [-0.4, -0.2) is 80.9 Å². The van der Waals surface area contributed by atoms with Gasteiger partial charge in [-0.05, 0) is 5.92 Å². The Morgan fingerprint density at radius 1 is 0.800 bits per heavy atom. The molecule has 0 fully saturated rings. The first kappa shape index (κ1) is 27.1. The van der Waals surface area contributed by atoms with Gasteiger partial charge >= 0.3 is 17.9 Å². The molecule has 14 heteroatoms. The van der Waals surface area contributed by atoms with E-state index in [0.717, 1.165) is 0 Å². The summed E-state index contributed by atoms with van der Waals surface area (Å²) < 4.78 is 0. The predicted molar refractivity (Wildman–Crippen MR) is 105 cm³/mol. The van der Waals surface area contributed by atoms with E-state index in [1.165, 1.54) is 0 Å². The predicted octanol–water partition coefficient (Wildman–Crippen LogP) is -2.61. The van der Waals surface area contributed by atoms with Gasteiger partial charge in [-0.3, -0.25) is 24.0 Å². The molecule has 4 unspecified atom stereocenters.